The van der Waals surface area contributed by atoms with Gasteiger partial charge in [-0.15, -0.1) is 0 Å². The number of nitrogens with two attached hydrogens (primary N) is 1. The number of ether oxygens (including phenoxy) is 2. The molecule has 0 bridgehead atoms. The van der Waals surface area contributed by atoms with Crippen molar-refractivity contribution in [1.29, 1.82) is 0 Å². The lowest BCUT2D eigenvalue weighted by atomic mass is 9.79. The predicted octanol–water partition coefficient (Wildman–Crippen LogP) is 3.12. The second-order valence-electron chi connectivity index (χ2n) is 9.76. The summed E-state index contributed by atoms with van der Waals surface area (Å²) in [6.07, 6.45) is 2.91. The lowest BCUT2D eigenvalue weighted by Crippen LogP contribution is -2.56. The third-order valence-electron chi connectivity index (χ3n) is 6.87. The summed E-state index contributed by atoms with van der Waals surface area (Å²) < 4.78 is 28.2. The number of fused-ring (bicyclic) bond motifs is 1. The van der Waals surface area contributed by atoms with Gasteiger partial charge in [0.15, 0.2) is 11.6 Å². The van der Waals surface area contributed by atoms with E-state index < -0.39 is 40.0 Å². The Morgan fingerprint density at radius 1 is 1.31 bits per heavy atom. The summed E-state index contributed by atoms with van der Waals surface area (Å²) >= 11 is 0. The fourth-order valence-electron chi connectivity index (χ4n) is 4.96. The van der Waals surface area contributed by atoms with Crippen molar-refractivity contribution in [2.24, 2.45) is 5.41 Å². The van der Waals surface area contributed by atoms with Crippen LogP contribution in [-0.2, 0) is 4.74 Å². The van der Waals surface area contributed by atoms with Gasteiger partial charge in [-0.25, -0.2) is 14.0 Å². The van der Waals surface area contributed by atoms with Gasteiger partial charge < -0.3 is 35.1 Å². The van der Waals surface area contributed by atoms with Crippen molar-refractivity contribution < 1.29 is 28.6 Å². The zero-order valence-corrected chi connectivity index (χ0v) is 20.3. The molecule has 1 saturated carbocycles. The summed E-state index contributed by atoms with van der Waals surface area (Å²) in [6.45, 7) is 6.67. The molecule has 4 rings (SSSR count). The number of benzene rings is 1. The zero-order chi connectivity index (χ0) is 25.7. The second-order valence-corrected chi connectivity index (χ2v) is 9.76. The van der Waals surface area contributed by atoms with Crippen LogP contribution < -0.4 is 26.1 Å². The van der Waals surface area contributed by atoms with Crippen LogP contribution in [0.1, 0.15) is 56.4 Å². The first-order chi connectivity index (χ1) is 16.5. The number of carbonyl (C=O) groups excluding carboxylic acids is 1. The molecule has 11 heteroatoms. The minimum atomic E-state index is -1.40. The largest absolute Gasteiger partial charge is 0.492 e. The van der Waals surface area contributed by atoms with Crippen LogP contribution in [0, 0.1) is 11.2 Å². The normalized spacial score (nSPS) is 19.5. The number of alkyl carbamates (subject to hydrolysis) is 1. The highest BCUT2D eigenvalue weighted by Gasteiger charge is 2.40. The number of anilines is 2. The molecule has 1 amide bonds. The van der Waals surface area contributed by atoms with Gasteiger partial charge in [-0.1, -0.05) is 13.8 Å². The van der Waals surface area contributed by atoms with Gasteiger partial charge in [-0.2, -0.15) is 0 Å². The first kappa shape index (κ1) is 24.6. The highest BCUT2D eigenvalue weighted by Crippen LogP contribution is 2.47. The number of halogens is 1. The molecule has 0 radical (unpaired) electrons. The van der Waals surface area contributed by atoms with E-state index in [-0.39, 0.29) is 35.5 Å². The fraction of sp³-hybridized carbons (Fsp3) is 0.542. The minimum absolute atomic E-state index is 0.0289. The summed E-state index contributed by atoms with van der Waals surface area (Å²) in [7, 11) is 1.39. The van der Waals surface area contributed by atoms with E-state index >= 15 is 4.39 Å². The summed E-state index contributed by atoms with van der Waals surface area (Å²) in [5, 5.41) is 12.2. The molecule has 1 aromatic carbocycles. The van der Waals surface area contributed by atoms with E-state index in [1.807, 2.05) is 13.8 Å². The summed E-state index contributed by atoms with van der Waals surface area (Å²) in [5.74, 6) is -2.09. The number of hydrogen-bond donors (Lipinski definition) is 3. The third-order valence-corrected chi connectivity index (χ3v) is 6.87. The van der Waals surface area contributed by atoms with Crippen molar-refractivity contribution in [3.8, 4) is 5.75 Å². The van der Waals surface area contributed by atoms with Gasteiger partial charge >= 0.3 is 12.1 Å². The lowest BCUT2D eigenvalue weighted by molar-refractivity contribution is 0.0694. The number of aromatic nitrogens is 1. The number of hydrogen-bond acceptors (Lipinski definition) is 7. The van der Waals surface area contributed by atoms with Crippen LogP contribution in [0.4, 0.5) is 20.6 Å². The predicted molar refractivity (Wildman–Crippen MR) is 129 cm³/mol. The molecule has 10 nitrogen and oxygen atoms in total. The zero-order valence-electron chi connectivity index (χ0n) is 20.3. The smallest absolute Gasteiger partial charge is 0.407 e. The van der Waals surface area contributed by atoms with Crippen LogP contribution in [0.3, 0.4) is 0 Å². The molecule has 190 valence electrons. The van der Waals surface area contributed by atoms with Crippen LogP contribution >= 0.6 is 0 Å². The number of carbonyl (C=O) groups is 2. The van der Waals surface area contributed by atoms with E-state index in [9.17, 15) is 19.5 Å². The fourth-order valence-corrected chi connectivity index (χ4v) is 4.96. The monoisotopic (exact) mass is 490 g/mol. The summed E-state index contributed by atoms with van der Waals surface area (Å²) in [5.41, 5.74) is 4.42. The van der Waals surface area contributed by atoms with E-state index in [2.05, 4.69) is 5.32 Å². The average Bonchev–Trinajstić information content (AvgIpc) is 3.62. The number of carboxylic acids is 1. The average molecular weight is 491 g/mol. The van der Waals surface area contributed by atoms with Crippen molar-refractivity contribution in [1.82, 2.24) is 9.88 Å². The van der Waals surface area contributed by atoms with Crippen LogP contribution in [0.2, 0.25) is 0 Å². The Labute approximate surface area is 201 Å². The third kappa shape index (κ3) is 4.23. The molecule has 2 aliphatic rings. The van der Waals surface area contributed by atoms with E-state index in [1.54, 1.807) is 16.4 Å². The first-order valence-electron chi connectivity index (χ1n) is 11.7. The van der Waals surface area contributed by atoms with Gasteiger partial charge in [0.2, 0.25) is 5.43 Å². The SMILES string of the molecule is CCOC(=O)NC1CCN(c2c(F)c(N)c3c(=O)c(C(=O)O)cn(C4CC4)c3c2OC)CC1(C)C. The molecule has 2 fully saturated rings. The van der Waals surface area contributed by atoms with Gasteiger partial charge in [0, 0.05) is 36.8 Å². The van der Waals surface area contributed by atoms with Gasteiger partial charge in [0.25, 0.3) is 0 Å². The number of carboxylic acid groups (broad SMARTS) is 1. The first-order valence-corrected chi connectivity index (χ1v) is 11.7. The molecule has 1 aliphatic carbocycles. The van der Waals surface area contributed by atoms with Gasteiger partial charge in [0.1, 0.15) is 11.3 Å². The van der Waals surface area contributed by atoms with Crippen molar-refractivity contribution in [2.45, 2.75) is 52.1 Å². The molecule has 2 heterocycles. The Morgan fingerprint density at radius 2 is 2.00 bits per heavy atom. The van der Waals surface area contributed by atoms with Crippen molar-refractivity contribution >= 4 is 34.3 Å². The maximum Gasteiger partial charge on any atom is 0.407 e. The number of nitrogens with zero attached hydrogens (tertiary/aromatic N) is 2. The van der Waals surface area contributed by atoms with Crippen molar-refractivity contribution in [2.75, 3.05) is 37.4 Å². The van der Waals surface area contributed by atoms with Gasteiger partial charge in [-0.05, 0) is 26.2 Å². The molecule has 1 aliphatic heterocycles. The number of piperidine rings is 1. The highest BCUT2D eigenvalue weighted by atomic mass is 19.1. The van der Waals surface area contributed by atoms with Crippen LogP contribution in [-0.4, -0.2) is 54.6 Å². The number of aromatic carboxylic acids is 1. The van der Waals surface area contributed by atoms with Gasteiger partial charge in [-0.3, -0.25) is 4.79 Å². The van der Waals surface area contributed by atoms with E-state index in [4.69, 9.17) is 15.2 Å². The molecule has 0 spiro atoms. The Bertz CT molecular complexity index is 1250. The number of amides is 1. The quantitative estimate of drug-likeness (QED) is 0.526. The molecule has 1 saturated heterocycles. The highest BCUT2D eigenvalue weighted by molar-refractivity contribution is 6.03. The molecular weight excluding hydrogens is 459 g/mol. The van der Waals surface area contributed by atoms with Crippen LogP contribution in [0.5, 0.6) is 5.75 Å². The van der Waals surface area contributed by atoms with Gasteiger partial charge in [0.05, 0.1) is 30.3 Å². The standard InChI is InChI=1S/C24H31FN4O6/c1-5-35-23(33)27-14-8-9-28(11-24(14,2)3)19-16(25)17(26)15-18(21(19)34-4)29(12-6-7-12)10-13(20(15)30)22(31)32/h10,12,14H,5-9,11,26H2,1-4H3,(H,27,33)(H,31,32). The number of methoxy groups -OCH3 is 1. The number of nitrogen functional groups attached to an aromatic ring is 1. The van der Waals surface area contributed by atoms with Crippen LogP contribution in [0.25, 0.3) is 10.9 Å². The van der Waals surface area contributed by atoms with E-state index in [0.29, 0.717) is 25.0 Å². The summed E-state index contributed by atoms with van der Waals surface area (Å²) in [4.78, 5) is 38.6. The molecule has 1 atom stereocenters. The molecular formula is C24H31FN4O6. The Balaban J connectivity index is 1.85. The maximum atomic E-state index is 15.9. The second kappa shape index (κ2) is 8.94. The van der Waals surface area contributed by atoms with Crippen molar-refractivity contribution in [3.05, 3.63) is 27.8 Å². The molecule has 2 aromatic rings. The summed E-state index contributed by atoms with van der Waals surface area (Å²) in [6, 6.07) is -0.230. The van der Waals surface area contributed by atoms with E-state index in [1.165, 1.54) is 13.3 Å². The molecule has 4 N–H and O–H groups in total. The lowest BCUT2D eigenvalue weighted by Gasteiger charge is -2.45. The Hall–Kier alpha value is -3.50. The number of pyridine rings is 1. The Morgan fingerprint density at radius 3 is 2.54 bits per heavy atom. The van der Waals surface area contributed by atoms with Crippen molar-refractivity contribution in [3.63, 3.8) is 0 Å². The maximum absolute atomic E-state index is 15.9. The van der Waals surface area contributed by atoms with E-state index in [0.717, 1.165) is 12.8 Å². The minimum Gasteiger partial charge on any atom is -0.492 e. The topological polar surface area (TPSA) is 136 Å². The molecule has 35 heavy (non-hydrogen) atoms. The molecule has 1 unspecified atom stereocenters. The Kier molecular flexibility index (Phi) is 6.29. The van der Waals surface area contributed by atoms with Crippen LogP contribution in [0.15, 0.2) is 11.0 Å². The number of nitrogens with one attached hydrogen (secondary N) is 1. The molecule has 1 aromatic heterocycles. The number of rotatable bonds is 6.